The van der Waals surface area contributed by atoms with Crippen molar-refractivity contribution in [2.24, 2.45) is 11.6 Å². The highest BCUT2D eigenvalue weighted by Crippen LogP contribution is 2.08. The average molecular weight is 293 g/mol. The van der Waals surface area contributed by atoms with E-state index < -0.39 is 0 Å². The topological polar surface area (TPSA) is 72.4 Å². The maximum Gasteiger partial charge on any atom is 0.132 e. The van der Waals surface area contributed by atoms with Crippen LogP contribution in [0.5, 0.6) is 0 Å². The first kappa shape index (κ1) is 17.2. The van der Waals surface area contributed by atoms with Crippen LogP contribution < -0.4 is 11.6 Å². The Hall–Kier alpha value is -1.88. The van der Waals surface area contributed by atoms with Gasteiger partial charge in [0, 0.05) is 24.7 Å². The van der Waals surface area contributed by atoms with Crippen LogP contribution in [-0.2, 0) is 11.3 Å². The van der Waals surface area contributed by atoms with Crippen LogP contribution in [0.4, 0.5) is 4.39 Å². The van der Waals surface area contributed by atoms with E-state index in [1.165, 1.54) is 17.1 Å². The molecule has 4 nitrogen and oxygen atoms in total. The zero-order valence-electron chi connectivity index (χ0n) is 12.5. The molecule has 21 heavy (non-hydrogen) atoms. The Kier molecular flexibility index (Phi) is 7.46. The Balaban J connectivity index is 2.35. The first-order valence-electron chi connectivity index (χ1n) is 7.25. The van der Waals surface area contributed by atoms with E-state index in [0.717, 1.165) is 18.4 Å². The molecule has 0 fully saturated rings. The summed E-state index contributed by atoms with van der Waals surface area (Å²) in [7, 11) is 0. The first-order chi connectivity index (χ1) is 10.0. The van der Waals surface area contributed by atoms with E-state index in [-0.39, 0.29) is 11.6 Å². The van der Waals surface area contributed by atoms with Crippen LogP contribution >= 0.6 is 0 Å². The molecular formula is C16H24FN3O. The lowest BCUT2D eigenvalue weighted by atomic mass is 10.1. The van der Waals surface area contributed by atoms with Gasteiger partial charge in [0.05, 0.1) is 6.54 Å². The predicted octanol–water partition coefficient (Wildman–Crippen LogP) is 2.84. The number of halogens is 1. The van der Waals surface area contributed by atoms with Crippen LogP contribution in [0.25, 0.3) is 0 Å². The van der Waals surface area contributed by atoms with E-state index in [1.807, 2.05) is 6.92 Å². The molecule has 1 aromatic carbocycles. The minimum absolute atomic E-state index is 0.269. The summed E-state index contributed by atoms with van der Waals surface area (Å²) in [6.07, 6.45) is 5.13. The molecule has 1 aromatic rings. The second-order valence-corrected chi connectivity index (χ2v) is 5.15. The molecule has 0 aromatic heterocycles. The van der Waals surface area contributed by atoms with Crippen LogP contribution in [0.1, 0.15) is 44.6 Å². The highest BCUT2D eigenvalue weighted by molar-refractivity contribution is 5.78. The number of nitrogens with zero attached hydrogens (tertiary/aromatic N) is 1. The van der Waals surface area contributed by atoms with Gasteiger partial charge in [-0.3, -0.25) is 4.79 Å². The molecule has 0 saturated heterocycles. The molecule has 4 N–H and O–H groups in total. The van der Waals surface area contributed by atoms with Gasteiger partial charge in [0.15, 0.2) is 0 Å². The summed E-state index contributed by atoms with van der Waals surface area (Å²) in [5.41, 5.74) is 7.43. The minimum Gasteiger partial charge on any atom is -0.401 e. The largest absolute Gasteiger partial charge is 0.401 e. The number of hydrazine groups is 1. The number of rotatable bonds is 9. The summed E-state index contributed by atoms with van der Waals surface area (Å²) in [5, 5.41) is 1.47. The van der Waals surface area contributed by atoms with Crippen molar-refractivity contribution in [1.82, 2.24) is 5.01 Å². The molecule has 1 rings (SSSR count). The third-order valence-electron chi connectivity index (χ3n) is 3.06. The summed E-state index contributed by atoms with van der Waals surface area (Å²) in [4.78, 5) is 11.4. The summed E-state index contributed by atoms with van der Waals surface area (Å²) < 4.78 is 12.8. The zero-order chi connectivity index (χ0) is 15.7. The van der Waals surface area contributed by atoms with Gasteiger partial charge < -0.3 is 10.7 Å². The molecule has 116 valence electrons. The molecule has 0 aliphatic heterocycles. The van der Waals surface area contributed by atoms with E-state index in [0.29, 0.717) is 31.5 Å². The summed E-state index contributed by atoms with van der Waals surface area (Å²) in [6, 6.07) is 6.16. The van der Waals surface area contributed by atoms with Crippen molar-refractivity contribution in [3.8, 4) is 0 Å². The Morgan fingerprint density at radius 3 is 2.52 bits per heavy atom. The predicted molar refractivity (Wildman–Crippen MR) is 82.2 cm³/mol. The zero-order valence-corrected chi connectivity index (χ0v) is 12.5. The Morgan fingerprint density at radius 1 is 1.24 bits per heavy atom. The van der Waals surface area contributed by atoms with Crippen molar-refractivity contribution in [2.45, 2.75) is 45.6 Å². The number of hydrogen-bond donors (Lipinski definition) is 2. The van der Waals surface area contributed by atoms with Gasteiger partial charge in [-0.1, -0.05) is 19.1 Å². The van der Waals surface area contributed by atoms with E-state index in [9.17, 15) is 9.18 Å². The molecule has 0 atom stereocenters. The fraction of sp³-hybridized carbons (Fsp3) is 0.438. The molecule has 0 aliphatic rings. The molecule has 0 aliphatic carbocycles. The lowest BCUT2D eigenvalue weighted by Crippen LogP contribution is -2.26. The summed E-state index contributed by atoms with van der Waals surface area (Å²) >= 11 is 0. The number of hydrogen-bond acceptors (Lipinski definition) is 4. The van der Waals surface area contributed by atoms with Gasteiger partial charge in [0.25, 0.3) is 0 Å². The SMILES string of the molecule is CCCC(=O)CCC/C(N)=C/N(N)Cc1ccc(F)cc1. The van der Waals surface area contributed by atoms with Gasteiger partial charge in [0.1, 0.15) is 11.6 Å². The highest BCUT2D eigenvalue weighted by Gasteiger charge is 2.02. The molecular weight excluding hydrogens is 269 g/mol. The monoisotopic (exact) mass is 293 g/mol. The van der Waals surface area contributed by atoms with Crippen LogP contribution in [0.15, 0.2) is 36.2 Å². The Bertz CT molecular complexity index is 471. The van der Waals surface area contributed by atoms with Crippen LogP contribution in [0.3, 0.4) is 0 Å². The number of carbonyl (C=O) groups excluding carboxylic acids is 1. The van der Waals surface area contributed by atoms with E-state index in [1.54, 1.807) is 18.3 Å². The number of Topliss-reactive ketones (excluding diaryl/α,β-unsaturated/α-hetero) is 1. The minimum atomic E-state index is -0.269. The van der Waals surface area contributed by atoms with Crippen LogP contribution in [0.2, 0.25) is 0 Å². The third kappa shape index (κ3) is 7.46. The standard InChI is InChI=1S/C16H24FN3O/c1-2-4-16(21)6-3-5-15(18)12-20(19)11-13-7-9-14(17)10-8-13/h7-10,12H,2-6,11,18-19H2,1H3/b15-12-. The Labute approximate surface area is 125 Å². The second-order valence-electron chi connectivity index (χ2n) is 5.15. The van der Waals surface area contributed by atoms with Crippen LogP contribution in [0, 0.1) is 5.82 Å². The molecule has 0 amide bonds. The third-order valence-corrected chi connectivity index (χ3v) is 3.06. The van der Waals surface area contributed by atoms with Gasteiger partial charge >= 0.3 is 0 Å². The second kappa shape index (κ2) is 9.13. The number of carbonyl (C=O) groups is 1. The smallest absolute Gasteiger partial charge is 0.132 e. The lowest BCUT2D eigenvalue weighted by molar-refractivity contribution is -0.119. The van der Waals surface area contributed by atoms with Crippen molar-refractivity contribution in [2.75, 3.05) is 0 Å². The van der Waals surface area contributed by atoms with E-state index >= 15 is 0 Å². The van der Waals surface area contributed by atoms with Crippen LogP contribution in [-0.4, -0.2) is 10.8 Å². The molecule has 0 spiro atoms. The quantitative estimate of drug-likeness (QED) is 0.542. The average Bonchev–Trinajstić information content (AvgIpc) is 2.41. The number of benzene rings is 1. The van der Waals surface area contributed by atoms with Gasteiger partial charge in [-0.05, 0) is 37.0 Å². The maximum atomic E-state index is 12.8. The van der Waals surface area contributed by atoms with Crippen molar-refractivity contribution in [1.29, 1.82) is 0 Å². The summed E-state index contributed by atoms with van der Waals surface area (Å²) in [6.45, 7) is 2.45. The van der Waals surface area contributed by atoms with Gasteiger partial charge in [-0.15, -0.1) is 0 Å². The van der Waals surface area contributed by atoms with Crippen molar-refractivity contribution < 1.29 is 9.18 Å². The van der Waals surface area contributed by atoms with Crippen molar-refractivity contribution >= 4 is 5.78 Å². The molecule has 0 radical (unpaired) electrons. The maximum absolute atomic E-state index is 12.8. The molecule has 0 unspecified atom stereocenters. The lowest BCUT2D eigenvalue weighted by Gasteiger charge is -2.15. The van der Waals surface area contributed by atoms with E-state index in [4.69, 9.17) is 11.6 Å². The molecule has 5 heteroatoms. The van der Waals surface area contributed by atoms with Crippen molar-refractivity contribution in [3.05, 3.63) is 47.5 Å². The number of allylic oxidation sites excluding steroid dienone is 1. The first-order valence-corrected chi connectivity index (χ1v) is 7.25. The van der Waals surface area contributed by atoms with E-state index in [2.05, 4.69) is 0 Å². The van der Waals surface area contributed by atoms with Crippen molar-refractivity contribution in [3.63, 3.8) is 0 Å². The van der Waals surface area contributed by atoms with Gasteiger partial charge in [0.2, 0.25) is 0 Å². The van der Waals surface area contributed by atoms with Gasteiger partial charge in [-0.25, -0.2) is 10.2 Å². The molecule has 0 saturated carbocycles. The highest BCUT2D eigenvalue weighted by atomic mass is 19.1. The Morgan fingerprint density at radius 2 is 1.90 bits per heavy atom. The van der Waals surface area contributed by atoms with Gasteiger partial charge in [-0.2, -0.15) is 0 Å². The summed E-state index contributed by atoms with van der Waals surface area (Å²) in [5.74, 6) is 5.85. The number of nitrogens with two attached hydrogens (primary N) is 2. The normalized spacial score (nSPS) is 11.5. The fourth-order valence-electron chi connectivity index (χ4n) is 2.02. The molecule has 0 heterocycles. The molecule has 0 bridgehead atoms. The fourth-order valence-corrected chi connectivity index (χ4v) is 2.02. The number of ketones is 1.